The summed E-state index contributed by atoms with van der Waals surface area (Å²) in [6.45, 7) is 1.52. The highest BCUT2D eigenvalue weighted by atomic mass is 19.1. The summed E-state index contributed by atoms with van der Waals surface area (Å²) >= 11 is 0. The van der Waals surface area contributed by atoms with E-state index in [9.17, 15) is 14.4 Å². The van der Waals surface area contributed by atoms with Crippen molar-refractivity contribution in [2.24, 2.45) is 5.73 Å². The molecule has 2 unspecified atom stereocenters. The van der Waals surface area contributed by atoms with Gasteiger partial charge in [0, 0.05) is 23.3 Å². The highest BCUT2D eigenvalue weighted by Crippen LogP contribution is 2.46. The monoisotopic (exact) mass is 490 g/mol. The maximum atomic E-state index is 13.1. The lowest BCUT2D eigenvalue weighted by molar-refractivity contribution is -0.141. The fraction of sp³-hybridized carbons (Fsp3) is 0.185. The molecule has 0 bridgehead atoms. The van der Waals surface area contributed by atoms with Gasteiger partial charge in [0.1, 0.15) is 46.2 Å². The number of hydrogen-bond donors (Lipinski definition) is 1. The van der Waals surface area contributed by atoms with Gasteiger partial charge in [0.25, 0.3) is 0 Å². The number of allylic oxidation sites excluding steroid dienone is 1. The lowest BCUT2D eigenvalue weighted by atomic mass is 9.83. The van der Waals surface area contributed by atoms with Crippen LogP contribution >= 0.6 is 0 Å². The number of ether oxygens (including phenoxy) is 5. The minimum absolute atomic E-state index is 0.0654. The predicted molar refractivity (Wildman–Crippen MR) is 127 cm³/mol. The number of nitrogens with zero attached hydrogens (tertiary/aromatic N) is 1. The second-order valence-electron chi connectivity index (χ2n) is 7.87. The van der Waals surface area contributed by atoms with E-state index in [1.165, 1.54) is 44.4 Å². The number of carbonyl (C=O) groups is 1. The Morgan fingerprint density at radius 3 is 2.33 bits per heavy atom. The molecule has 0 saturated carbocycles. The van der Waals surface area contributed by atoms with E-state index >= 15 is 0 Å². The van der Waals surface area contributed by atoms with Crippen molar-refractivity contribution in [2.45, 2.75) is 18.9 Å². The second-order valence-corrected chi connectivity index (χ2v) is 7.87. The van der Waals surface area contributed by atoms with E-state index in [-0.39, 0.29) is 17.2 Å². The van der Waals surface area contributed by atoms with Crippen LogP contribution in [0.2, 0.25) is 0 Å². The van der Waals surface area contributed by atoms with Gasteiger partial charge in [0.2, 0.25) is 5.88 Å². The van der Waals surface area contributed by atoms with Gasteiger partial charge >= 0.3 is 5.97 Å². The summed E-state index contributed by atoms with van der Waals surface area (Å²) < 4.78 is 40.6. The molecule has 1 aliphatic rings. The summed E-state index contributed by atoms with van der Waals surface area (Å²) in [6, 6.07) is 17.5. The van der Waals surface area contributed by atoms with Gasteiger partial charge in [-0.3, -0.25) is 0 Å². The van der Waals surface area contributed by atoms with Gasteiger partial charge < -0.3 is 29.4 Å². The van der Waals surface area contributed by atoms with Crippen molar-refractivity contribution in [2.75, 3.05) is 14.2 Å². The third kappa shape index (κ3) is 4.88. The Morgan fingerprint density at radius 1 is 1.00 bits per heavy atom. The molecular formula is C27H23FN2O6. The molecule has 2 N–H and O–H groups in total. The number of benzene rings is 3. The molecule has 184 valence electrons. The van der Waals surface area contributed by atoms with Crippen LogP contribution in [0.3, 0.4) is 0 Å². The molecule has 0 aliphatic carbocycles. The molecule has 1 heterocycles. The quantitative estimate of drug-likeness (QED) is 0.382. The molecular weight excluding hydrogens is 467 g/mol. The largest absolute Gasteiger partial charge is 0.497 e. The Morgan fingerprint density at radius 2 is 1.67 bits per heavy atom. The van der Waals surface area contributed by atoms with Crippen LogP contribution < -0.4 is 29.4 Å². The molecule has 0 saturated heterocycles. The van der Waals surface area contributed by atoms with Gasteiger partial charge in [-0.05, 0) is 43.3 Å². The second kappa shape index (κ2) is 10.3. The van der Waals surface area contributed by atoms with E-state index in [0.717, 1.165) is 0 Å². The summed E-state index contributed by atoms with van der Waals surface area (Å²) in [6.07, 6.45) is -0.959. The number of nitrogens with two attached hydrogens (primary N) is 1. The van der Waals surface area contributed by atoms with E-state index in [1.807, 2.05) is 0 Å². The van der Waals surface area contributed by atoms with Crippen molar-refractivity contribution in [3.05, 3.63) is 89.1 Å². The van der Waals surface area contributed by atoms with E-state index < -0.39 is 23.8 Å². The average Bonchev–Trinajstić information content (AvgIpc) is 2.88. The van der Waals surface area contributed by atoms with Gasteiger partial charge in [0.15, 0.2) is 6.10 Å². The SMILES string of the molecule is COc1ccc(C2C(C#N)=C(N)Oc3cc(OC(=O)C(C)Oc4ccc(F)cc4)ccc32)c(OC)c1. The van der Waals surface area contributed by atoms with Crippen LogP contribution in [-0.4, -0.2) is 26.3 Å². The molecule has 3 aromatic rings. The van der Waals surface area contributed by atoms with Crippen LogP contribution in [0.1, 0.15) is 24.0 Å². The molecule has 0 fully saturated rings. The van der Waals surface area contributed by atoms with Crippen LogP contribution in [-0.2, 0) is 4.79 Å². The maximum absolute atomic E-state index is 13.1. The number of hydrogen-bond acceptors (Lipinski definition) is 8. The standard InChI is InChI=1S/C27H23FN2O6/c1-15(34-17-6-4-16(28)5-7-17)27(31)35-19-9-11-21-24(13-19)36-26(30)22(14-29)25(21)20-10-8-18(32-2)12-23(20)33-3/h4-13,15,25H,30H2,1-3H3. The first kappa shape index (κ1) is 24.4. The zero-order valence-corrected chi connectivity index (χ0v) is 19.8. The molecule has 8 nitrogen and oxygen atoms in total. The first-order valence-electron chi connectivity index (χ1n) is 10.9. The molecule has 4 rings (SSSR count). The Labute approximate surface area is 207 Å². The molecule has 1 aliphatic heterocycles. The number of halogens is 1. The lowest BCUT2D eigenvalue weighted by Gasteiger charge is -2.28. The van der Waals surface area contributed by atoms with Gasteiger partial charge in [-0.15, -0.1) is 0 Å². The minimum atomic E-state index is -0.959. The smallest absolute Gasteiger partial charge is 0.352 e. The highest BCUT2D eigenvalue weighted by Gasteiger charge is 2.33. The Kier molecular flexibility index (Phi) is 6.97. The Hall–Kier alpha value is -4.71. The summed E-state index contributed by atoms with van der Waals surface area (Å²) in [5, 5.41) is 9.82. The predicted octanol–water partition coefficient (Wildman–Crippen LogP) is 4.43. The van der Waals surface area contributed by atoms with Crippen molar-refractivity contribution >= 4 is 5.97 Å². The number of rotatable bonds is 7. The molecule has 0 radical (unpaired) electrons. The number of carbonyl (C=O) groups excluding carboxylic acids is 1. The number of esters is 1. The third-order valence-corrected chi connectivity index (χ3v) is 5.62. The summed E-state index contributed by atoms with van der Waals surface area (Å²) in [5.41, 5.74) is 7.64. The van der Waals surface area contributed by atoms with E-state index in [4.69, 9.17) is 29.4 Å². The highest BCUT2D eigenvalue weighted by molar-refractivity contribution is 5.77. The number of nitriles is 1. The number of fused-ring (bicyclic) bond motifs is 1. The van der Waals surface area contributed by atoms with Crippen LogP contribution in [0, 0.1) is 17.1 Å². The van der Waals surface area contributed by atoms with Gasteiger partial charge in [-0.2, -0.15) is 5.26 Å². The van der Waals surface area contributed by atoms with E-state index in [0.29, 0.717) is 34.1 Å². The average molecular weight is 490 g/mol. The zero-order valence-electron chi connectivity index (χ0n) is 19.8. The normalized spacial score (nSPS) is 15.1. The van der Waals surface area contributed by atoms with Crippen molar-refractivity contribution in [1.29, 1.82) is 5.26 Å². The zero-order chi connectivity index (χ0) is 25.8. The molecule has 0 aromatic heterocycles. The third-order valence-electron chi connectivity index (χ3n) is 5.62. The van der Waals surface area contributed by atoms with Crippen LogP contribution in [0.5, 0.6) is 28.7 Å². The van der Waals surface area contributed by atoms with Gasteiger partial charge in [0.05, 0.1) is 20.1 Å². The van der Waals surface area contributed by atoms with Crippen molar-refractivity contribution < 1.29 is 32.9 Å². The molecule has 0 spiro atoms. The molecule has 0 amide bonds. The lowest BCUT2D eigenvalue weighted by Crippen LogP contribution is -2.28. The number of methoxy groups -OCH3 is 2. The van der Waals surface area contributed by atoms with Crippen LogP contribution in [0.15, 0.2) is 72.1 Å². The van der Waals surface area contributed by atoms with Crippen LogP contribution in [0.25, 0.3) is 0 Å². The summed E-state index contributed by atoms with van der Waals surface area (Å²) in [5.74, 6) is 0.235. The fourth-order valence-corrected chi connectivity index (χ4v) is 3.84. The first-order valence-corrected chi connectivity index (χ1v) is 10.9. The van der Waals surface area contributed by atoms with E-state index in [2.05, 4.69) is 6.07 Å². The Bertz CT molecular complexity index is 1360. The molecule has 2 atom stereocenters. The fourth-order valence-electron chi connectivity index (χ4n) is 3.84. The van der Waals surface area contributed by atoms with Gasteiger partial charge in [-0.25, -0.2) is 9.18 Å². The van der Waals surface area contributed by atoms with Crippen LogP contribution in [0.4, 0.5) is 4.39 Å². The van der Waals surface area contributed by atoms with E-state index in [1.54, 1.807) is 37.4 Å². The van der Waals surface area contributed by atoms with Crippen molar-refractivity contribution in [1.82, 2.24) is 0 Å². The van der Waals surface area contributed by atoms with Crippen molar-refractivity contribution in [3.63, 3.8) is 0 Å². The maximum Gasteiger partial charge on any atom is 0.352 e. The molecule has 9 heteroatoms. The van der Waals surface area contributed by atoms with Gasteiger partial charge in [-0.1, -0.05) is 12.1 Å². The topological polar surface area (TPSA) is 113 Å². The molecule has 36 heavy (non-hydrogen) atoms. The summed E-state index contributed by atoms with van der Waals surface area (Å²) in [7, 11) is 3.07. The minimum Gasteiger partial charge on any atom is -0.497 e. The summed E-state index contributed by atoms with van der Waals surface area (Å²) in [4.78, 5) is 12.6. The Balaban J connectivity index is 1.61. The van der Waals surface area contributed by atoms with Crippen molar-refractivity contribution in [3.8, 4) is 34.8 Å². The molecule has 3 aromatic carbocycles. The first-order chi connectivity index (χ1) is 17.3.